The number of hydrogen-bond acceptors (Lipinski definition) is 10. The highest BCUT2D eigenvalue weighted by atomic mass is 32.2. The Morgan fingerprint density at radius 3 is 1.77 bits per heavy atom. The molecule has 0 amide bonds. The number of hydrogen-bond donors (Lipinski definition) is 4. The van der Waals surface area contributed by atoms with Gasteiger partial charge in [-0.1, -0.05) is 64.8 Å². The number of nitrogens with two attached hydrogens (primary N) is 1. The molecule has 0 radical (unpaired) electrons. The molecule has 0 saturated heterocycles. The molecular formula is C42H52F3N3O8S. The first-order valence-electron chi connectivity index (χ1n) is 19.0. The molecule has 5 atom stereocenters. The number of carbonyl (C=O) groups is 2. The van der Waals surface area contributed by atoms with Crippen LogP contribution >= 0.6 is 0 Å². The molecule has 0 saturated carbocycles. The number of nitrogen functional groups attached to an aromatic ring is 1. The number of pyridine rings is 1. The maximum absolute atomic E-state index is 12.8. The van der Waals surface area contributed by atoms with E-state index in [2.05, 4.69) is 9.71 Å². The molecule has 2 aromatic carbocycles. The van der Waals surface area contributed by atoms with Gasteiger partial charge in [0, 0.05) is 48.3 Å². The Morgan fingerprint density at radius 2 is 1.35 bits per heavy atom. The fourth-order valence-electron chi connectivity index (χ4n) is 7.39. The molecule has 15 heteroatoms. The van der Waals surface area contributed by atoms with Crippen LogP contribution in [0.5, 0.6) is 5.88 Å². The van der Waals surface area contributed by atoms with E-state index in [0.717, 1.165) is 37.0 Å². The molecule has 0 bridgehead atoms. The first kappa shape index (κ1) is 44.7. The van der Waals surface area contributed by atoms with Crippen molar-refractivity contribution in [3.63, 3.8) is 0 Å². The van der Waals surface area contributed by atoms with E-state index in [4.69, 9.17) is 19.4 Å². The van der Waals surface area contributed by atoms with E-state index in [-0.39, 0.29) is 35.3 Å². The second-order valence-corrected chi connectivity index (χ2v) is 15.6. The summed E-state index contributed by atoms with van der Waals surface area (Å²) in [6.07, 6.45) is 0.930. The van der Waals surface area contributed by atoms with E-state index in [1.807, 2.05) is 58.9 Å². The van der Waals surface area contributed by atoms with Crippen molar-refractivity contribution >= 4 is 34.6 Å². The van der Waals surface area contributed by atoms with Gasteiger partial charge in [-0.25, -0.2) is 14.6 Å². The van der Waals surface area contributed by atoms with Crippen molar-refractivity contribution in [2.75, 3.05) is 10.5 Å². The third kappa shape index (κ3) is 11.5. The smallest absolute Gasteiger partial charge is 0.417 e. The summed E-state index contributed by atoms with van der Waals surface area (Å²) >= 11 is -2.15. The lowest BCUT2D eigenvalue weighted by Crippen LogP contribution is -2.38. The number of nitrogens with one attached hydrogen (secondary N) is 1. The number of aromatic nitrogens is 1. The van der Waals surface area contributed by atoms with Crippen molar-refractivity contribution in [3.8, 4) is 5.88 Å². The van der Waals surface area contributed by atoms with Gasteiger partial charge < -0.3 is 29.6 Å². The zero-order valence-electron chi connectivity index (χ0n) is 33.1. The van der Waals surface area contributed by atoms with E-state index in [9.17, 15) is 37.2 Å². The number of benzene rings is 2. The Kier molecular flexibility index (Phi) is 14.8. The average molecular weight is 816 g/mol. The third-order valence-corrected chi connectivity index (χ3v) is 10.6. The summed E-state index contributed by atoms with van der Waals surface area (Å²) < 4.78 is 69.3. The molecule has 1 aromatic heterocycles. The number of aliphatic hydroxyl groups excluding tert-OH is 2. The SMILES string of the molecule is CCCC1(C)CC(O)=C([C@@H](CC)c2cccc(N)c2)C(=O)O1.CCCC1(C)CC(O)=C([C@@H](CC)c2cccc(NS(=O)Oc3ccc(C(F)(F)F)cn3)c2)C(=O)O1. The standard InChI is InChI=1S/C24H27F3N2O5S.C18H25NO3/c1-4-11-23(3)13-19(30)21(22(31)33-23)18(5-2)15-7-6-8-17(12-15)29-35(32)34-20-10-9-16(14-28-20)24(25,26)27;1-4-9-18(3)11-15(20)16(17(21)22-18)14(5-2)12-7-6-8-13(19)10-12/h6-10,12,14,18,29-30H,4-5,11,13H2,1-3H3;6-8,10,14,20H,4-5,9,11,19H2,1-3H3/t18-,23?,35?;14-,18?/m00/s1. The largest absolute Gasteiger partial charge is 0.512 e. The summed E-state index contributed by atoms with van der Waals surface area (Å²) in [4.78, 5) is 28.8. The topological polar surface area (TPSA) is 170 Å². The minimum atomic E-state index is -4.54. The van der Waals surface area contributed by atoms with Gasteiger partial charge >= 0.3 is 29.4 Å². The third-order valence-electron chi connectivity index (χ3n) is 9.92. The van der Waals surface area contributed by atoms with Crippen molar-refractivity contribution < 1.29 is 50.8 Å². The van der Waals surface area contributed by atoms with Crippen molar-refractivity contribution in [3.05, 3.63) is 106 Å². The molecule has 310 valence electrons. The second-order valence-electron chi connectivity index (χ2n) is 14.8. The highest BCUT2D eigenvalue weighted by molar-refractivity contribution is 7.81. The molecule has 2 aliphatic rings. The summed E-state index contributed by atoms with van der Waals surface area (Å²) in [5, 5.41) is 21.2. The maximum Gasteiger partial charge on any atom is 0.417 e. The minimum absolute atomic E-state index is 0.00250. The predicted octanol–water partition coefficient (Wildman–Crippen LogP) is 10.1. The van der Waals surface area contributed by atoms with E-state index >= 15 is 0 Å². The predicted molar refractivity (Wildman–Crippen MR) is 212 cm³/mol. The molecule has 3 heterocycles. The number of rotatable bonds is 14. The number of aliphatic hydroxyl groups is 2. The lowest BCUT2D eigenvalue weighted by Gasteiger charge is -2.35. The summed E-state index contributed by atoms with van der Waals surface area (Å²) in [6, 6.07) is 15.9. The van der Waals surface area contributed by atoms with Crippen molar-refractivity contribution in [1.82, 2.24) is 4.98 Å². The van der Waals surface area contributed by atoms with Crippen LogP contribution in [0.2, 0.25) is 0 Å². The minimum Gasteiger partial charge on any atom is -0.512 e. The number of alkyl halides is 3. The van der Waals surface area contributed by atoms with Gasteiger partial charge in [0.25, 0.3) is 0 Å². The molecule has 3 aromatic rings. The molecule has 5 N–H and O–H groups in total. The van der Waals surface area contributed by atoms with Gasteiger partial charge in [-0.3, -0.25) is 4.72 Å². The molecule has 0 spiro atoms. The van der Waals surface area contributed by atoms with Crippen LogP contribution in [-0.4, -0.2) is 42.5 Å². The van der Waals surface area contributed by atoms with Gasteiger partial charge in [-0.15, -0.1) is 0 Å². The van der Waals surface area contributed by atoms with Crippen LogP contribution in [0.4, 0.5) is 24.5 Å². The number of ether oxygens (including phenoxy) is 2. The Labute approximate surface area is 334 Å². The first-order chi connectivity index (χ1) is 26.9. The van der Waals surface area contributed by atoms with Crippen molar-refractivity contribution in [2.24, 2.45) is 0 Å². The lowest BCUT2D eigenvalue weighted by molar-refractivity contribution is -0.159. The maximum atomic E-state index is 12.8. The number of halogens is 3. The number of cyclic esters (lactones) is 2. The van der Waals surface area contributed by atoms with Crippen LogP contribution in [0.25, 0.3) is 0 Å². The molecular weight excluding hydrogens is 764 g/mol. The van der Waals surface area contributed by atoms with Crippen LogP contribution in [0.15, 0.2) is 89.5 Å². The number of nitrogens with zero attached hydrogens (tertiary/aromatic N) is 1. The summed E-state index contributed by atoms with van der Waals surface area (Å²) in [7, 11) is 0. The Morgan fingerprint density at radius 1 is 0.842 bits per heavy atom. The van der Waals surface area contributed by atoms with Gasteiger partial charge in [-0.05, 0) is 81.0 Å². The molecule has 11 nitrogen and oxygen atoms in total. The molecule has 2 aliphatic heterocycles. The number of anilines is 2. The van der Waals surface area contributed by atoms with E-state index < -0.39 is 52.1 Å². The summed E-state index contributed by atoms with van der Waals surface area (Å²) in [5.74, 6) is -1.71. The van der Waals surface area contributed by atoms with Crippen molar-refractivity contribution in [1.29, 1.82) is 0 Å². The zero-order valence-corrected chi connectivity index (χ0v) is 33.9. The zero-order chi connectivity index (χ0) is 42.1. The molecule has 0 aliphatic carbocycles. The highest BCUT2D eigenvalue weighted by Crippen LogP contribution is 2.41. The molecule has 57 heavy (non-hydrogen) atoms. The Hall–Kier alpha value is -5.05. The van der Waals surface area contributed by atoms with Crippen LogP contribution in [0.3, 0.4) is 0 Å². The van der Waals surface area contributed by atoms with Gasteiger partial charge in [0.1, 0.15) is 22.7 Å². The monoisotopic (exact) mass is 815 g/mol. The van der Waals surface area contributed by atoms with Crippen LogP contribution in [0, 0.1) is 0 Å². The van der Waals surface area contributed by atoms with E-state index in [1.54, 1.807) is 31.2 Å². The Bertz CT molecular complexity index is 1990. The quantitative estimate of drug-likeness (QED) is 0.0907. The summed E-state index contributed by atoms with van der Waals surface area (Å²) in [6.45, 7) is 11.6. The van der Waals surface area contributed by atoms with Gasteiger partial charge in [-0.2, -0.15) is 17.4 Å². The fraction of sp³-hybridized carbons (Fsp3) is 0.452. The van der Waals surface area contributed by atoms with Crippen molar-refractivity contribution in [2.45, 2.75) is 122 Å². The van der Waals surface area contributed by atoms with Crippen LogP contribution < -0.4 is 14.6 Å². The molecule has 3 unspecified atom stereocenters. The van der Waals surface area contributed by atoms with Crippen LogP contribution in [0.1, 0.15) is 121 Å². The molecule has 5 rings (SSSR count). The number of esters is 2. The second kappa shape index (κ2) is 18.9. The number of carbonyl (C=O) groups excluding carboxylic acids is 2. The molecule has 0 fully saturated rings. The highest BCUT2D eigenvalue weighted by Gasteiger charge is 2.41. The van der Waals surface area contributed by atoms with Gasteiger partial charge in [0.2, 0.25) is 5.88 Å². The average Bonchev–Trinajstić information content (AvgIpc) is 3.11. The Balaban J connectivity index is 0.000000281. The van der Waals surface area contributed by atoms with Gasteiger partial charge in [0.15, 0.2) is 0 Å². The normalized spacial score (nSPS) is 21.4. The first-order valence-corrected chi connectivity index (χ1v) is 20.1. The summed E-state index contributed by atoms with van der Waals surface area (Å²) in [5.41, 5.74) is 6.75. The lowest BCUT2D eigenvalue weighted by atomic mass is 9.83. The van der Waals surface area contributed by atoms with E-state index in [1.165, 1.54) is 0 Å². The van der Waals surface area contributed by atoms with Crippen LogP contribution in [-0.2, 0) is 36.5 Å². The fourth-order valence-corrected chi connectivity index (χ4v) is 8.00. The van der Waals surface area contributed by atoms with E-state index in [0.29, 0.717) is 54.4 Å². The van der Waals surface area contributed by atoms with Gasteiger partial charge in [0.05, 0.1) is 16.7 Å².